The fraction of sp³-hybridized carbons (Fsp3) is 0.133. The summed E-state index contributed by atoms with van der Waals surface area (Å²) in [6.45, 7) is -0.534. The number of aliphatic hydroxyl groups is 1. The molecule has 0 aliphatic rings. The van der Waals surface area contributed by atoms with E-state index in [9.17, 15) is 14.7 Å². The van der Waals surface area contributed by atoms with Crippen LogP contribution in [0.4, 0.5) is 5.69 Å². The topological polar surface area (TPSA) is 88.5 Å². The molecule has 0 radical (unpaired) electrons. The first kappa shape index (κ1) is 15.9. The molecule has 1 atom stereocenters. The third kappa shape index (κ3) is 4.28. The summed E-state index contributed by atoms with van der Waals surface area (Å²) in [5, 5.41) is 12.4. The third-order valence-electron chi connectivity index (χ3n) is 2.72. The number of nitrogens with one attached hydrogen (secondary N) is 1. The van der Waals surface area contributed by atoms with E-state index in [1.807, 2.05) is 0 Å². The first-order chi connectivity index (χ1) is 10.6. The van der Waals surface area contributed by atoms with Crippen molar-refractivity contribution in [1.82, 2.24) is 4.98 Å². The molecule has 0 spiro atoms. The van der Waals surface area contributed by atoms with Crippen LogP contribution in [-0.4, -0.2) is 28.6 Å². The van der Waals surface area contributed by atoms with E-state index in [2.05, 4.69) is 10.3 Å². The van der Waals surface area contributed by atoms with Gasteiger partial charge in [-0.25, -0.2) is 9.78 Å². The summed E-state index contributed by atoms with van der Waals surface area (Å²) in [5.74, 6) is -1.48. The van der Waals surface area contributed by atoms with E-state index in [0.717, 1.165) is 0 Å². The zero-order valence-corrected chi connectivity index (χ0v) is 12.2. The molecular formula is C15H13ClN2O4. The van der Waals surface area contributed by atoms with Crippen molar-refractivity contribution in [3.05, 3.63) is 59.4 Å². The Bertz CT molecular complexity index is 664. The second-order valence-corrected chi connectivity index (χ2v) is 4.67. The first-order valence-electron chi connectivity index (χ1n) is 6.38. The van der Waals surface area contributed by atoms with E-state index in [0.29, 0.717) is 11.3 Å². The Morgan fingerprint density at radius 3 is 2.64 bits per heavy atom. The lowest BCUT2D eigenvalue weighted by Gasteiger charge is -2.11. The fourth-order valence-corrected chi connectivity index (χ4v) is 1.82. The molecule has 0 unspecified atom stereocenters. The van der Waals surface area contributed by atoms with Gasteiger partial charge in [0.2, 0.25) is 0 Å². The van der Waals surface area contributed by atoms with Gasteiger partial charge in [-0.15, -0.1) is 0 Å². The smallest absolute Gasteiger partial charge is 0.340 e. The first-order valence-corrected chi connectivity index (χ1v) is 6.75. The third-order valence-corrected chi connectivity index (χ3v) is 3.02. The molecule has 0 bridgehead atoms. The molecule has 0 aliphatic carbocycles. The van der Waals surface area contributed by atoms with Crippen LogP contribution in [0, 0.1) is 0 Å². The van der Waals surface area contributed by atoms with Crippen LogP contribution in [0.25, 0.3) is 0 Å². The zero-order valence-electron chi connectivity index (χ0n) is 11.4. The molecule has 7 heteroatoms. The molecule has 2 aromatic rings. The SMILES string of the molecule is O=C(COC(=O)[C@@H](O)c1ccccc1)Nc1cccnc1Cl. The van der Waals surface area contributed by atoms with Crippen LogP contribution in [0.15, 0.2) is 48.7 Å². The minimum atomic E-state index is -1.43. The fourth-order valence-electron chi connectivity index (χ4n) is 1.65. The highest BCUT2D eigenvalue weighted by molar-refractivity contribution is 6.32. The summed E-state index contributed by atoms with van der Waals surface area (Å²) in [6, 6.07) is 11.5. The number of carbonyl (C=O) groups excluding carboxylic acids is 2. The summed E-state index contributed by atoms with van der Waals surface area (Å²) in [7, 11) is 0. The lowest BCUT2D eigenvalue weighted by atomic mass is 10.1. The molecule has 1 aromatic heterocycles. The normalized spacial score (nSPS) is 11.5. The lowest BCUT2D eigenvalue weighted by Crippen LogP contribution is -2.24. The number of carbonyl (C=O) groups is 2. The standard InChI is InChI=1S/C15H13ClN2O4/c16-14-11(7-4-8-17-14)18-12(19)9-22-15(21)13(20)10-5-2-1-3-6-10/h1-8,13,20H,9H2,(H,18,19)/t13-/m0/s1. The predicted octanol–water partition coefficient (Wildman–Crippen LogP) is 1.95. The summed E-state index contributed by atoms with van der Waals surface area (Å²) in [5.41, 5.74) is 0.706. The van der Waals surface area contributed by atoms with Gasteiger partial charge in [0, 0.05) is 6.20 Å². The quantitative estimate of drug-likeness (QED) is 0.649. The number of aliphatic hydroxyl groups excluding tert-OH is 1. The second-order valence-electron chi connectivity index (χ2n) is 4.31. The van der Waals surface area contributed by atoms with Gasteiger partial charge in [0.1, 0.15) is 0 Å². The van der Waals surface area contributed by atoms with Crippen LogP contribution in [-0.2, 0) is 14.3 Å². The number of nitrogens with zero attached hydrogens (tertiary/aromatic N) is 1. The molecule has 6 nitrogen and oxygen atoms in total. The van der Waals surface area contributed by atoms with E-state index >= 15 is 0 Å². The maximum Gasteiger partial charge on any atom is 0.340 e. The zero-order chi connectivity index (χ0) is 15.9. The lowest BCUT2D eigenvalue weighted by molar-refractivity contribution is -0.156. The van der Waals surface area contributed by atoms with E-state index in [1.54, 1.807) is 42.5 Å². The molecule has 2 rings (SSSR count). The van der Waals surface area contributed by atoms with Crippen molar-refractivity contribution in [2.75, 3.05) is 11.9 Å². The van der Waals surface area contributed by atoms with Crippen LogP contribution < -0.4 is 5.32 Å². The molecular weight excluding hydrogens is 308 g/mol. The van der Waals surface area contributed by atoms with Crippen molar-refractivity contribution < 1.29 is 19.4 Å². The van der Waals surface area contributed by atoms with Gasteiger partial charge in [0.25, 0.3) is 5.91 Å². The average molecular weight is 321 g/mol. The highest BCUT2D eigenvalue weighted by Crippen LogP contribution is 2.17. The van der Waals surface area contributed by atoms with Crippen LogP contribution >= 0.6 is 11.6 Å². The number of anilines is 1. The van der Waals surface area contributed by atoms with Crippen LogP contribution in [0.1, 0.15) is 11.7 Å². The van der Waals surface area contributed by atoms with Crippen molar-refractivity contribution in [2.45, 2.75) is 6.10 Å². The maximum atomic E-state index is 11.7. The van der Waals surface area contributed by atoms with E-state index in [1.165, 1.54) is 6.20 Å². The Balaban J connectivity index is 1.86. The average Bonchev–Trinajstić information content (AvgIpc) is 2.55. The van der Waals surface area contributed by atoms with Gasteiger partial charge < -0.3 is 15.2 Å². The number of esters is 1. The molecule has 22 heavy (non-hydrogen) atoms. The number of pyridine rings is 1. The molecule has 0 aliphatic heterocycles. The largest absolute Gasteiger partial charge is 0.453 e. The molecule has 1 heterocycles. The van der Waals surface area contributed by atoms with Crippen molar-refractivity contribution in [3.63, 3.8) is 0 Å². The summed E-state index contributed by atoms with van der Waals surface area (Å²) in [6.07, 6.45) is 0.0461. The Labute approximate surface area is 131 Å². The number of hydrogen-bond acceptors (Lipinski definition) is 5. The minimum absolute atomic E-state index is 0.131. The van der Waals surface area contributed by atoms with Crippen LogP contribution in [0.3, 0.4) is 0 Å². The number of hydrogen-bond donors (Lipinski definition) is 2. The monoisotopic (exact) mass is 320 g/mol. The molecule has 0 saturated carbocycles. The molecule has 1 amide bonds. The van der Waals surface area contributed by atoms with Gasteiger partial charge in [-0.05, 0) is 17.7 Å². The van der Waals surface area contributed by atoms with Gasteiger partial charge >= 0.3 is 5.97 Å². The Kier molecular flexibility index (Phi) is 5.46. The van der Waals surface area contributed by atoms with Crippen molar-refractivity contribution in [3.8, 4) is 0 Å². The number of halogens is 1. The molecule has 1 aromatic carbocycles. The maximum absolute atomic E-state index is 11.7. The summed E-state index contributed by atoms with van der Waals surface area (Å²) >= 11 is 5.79. The number of ether oxygens (including phenoxy) is 1. The second kappa shape index (κ2) is 7.53. The number of aromatic nitrogens is 1. The Morgan fingerprint density at radius 2 is 1.95 bits per heavy atom. The molecule has 0 saturated heterocycles. The predicted molar refractivity (Wildman–Crippen MR) is 80.2 cm³/mol. The van der Waals surface area contributed by atoms with Gasteiger partial charge in [-0.2, -0.15) is 0 Å². The molecule has 114 valence electrons. The van der Waals surface area contributed by atoms with E-state index in [-0.39, 0.29) is 5.15 Å². The van der Waals surface area contributed by atoms with Crippen LogP contribution in [0.5, 0.6) is 0 Å². The van der Waals surface area contributed by atoms with Gasteiger partial charge in [0.15, 0.2) is 17.9 Å². The highest BCUT2D eigenvalue weighted by atomic mass is 35.5. The van der Waals surface area contributed by atoms with Crippen molar-refractivity contribution >= 4 is 29.2 Å². The van der Waals surface area contributed by atoms with Gasteiger partial charge in [-0.1, -0.05) is 41.9 Å². The van der Waals surface area contributed by atoms with Crippen molar-refractivity contribution in [2.24, 2.45) is 0 Å². The summed E-state index contributed by atoms with van der Waals surface area (Å²) in [4.78, 5) is 27.1. The molecule has 0 fully saturated rings. The highest BCUT2D eigenvalue weighted by Gasteiger charge is 2.19. The van der Waals surface area contributed by atoms with E-state index < -0.39 is 24.6 Å². The van der Waals surface area contributed by atoms with Gasteiger partial charge in [0.05, 0.1) is 5.69 Å². The Morgan fingerprint density at radius 1 is 1.23 bits per heavy atom. The number of benzene rings is 1. The van der Waals surface area contributed by atoms with Crippen LogP contribution in [0.2, 0.25) is 5.15 Å². The molecule has 2 N–H and O–H groups in total. The van der Waals surface area contributed by atoms with Gasteiger partial charge in [-0.3, -0.25) is 4.79 Å². The number of rotatable bonds is 5. The minimum Gasteiger partial charge on any atom is -0.453 e. The summed E-state index contributed by atoms with van der Waals surface area (Å²) < 4.78 is 4.77. The van der Waals surface area contributed by atoms with E-state index in [4.69, 9.17) is 16.3 Å². The number of amides is 1. The van der Waals surface area contributed by atoms with Crippen molar-refractivity contribution in [1.29, 1.82) is 0 Å². The Hall–Kier alpha value is -2.44.